The topological polar surface area (TPSA) is 26.0 Å². The van der Waals surface area contributed by atoms with Crippen LogP contribution in [0.4, 0.5) is 0 Å². The first-order valence-electron chi connectivity index (χ1n) is 5.86. The van der Waals surface area contributed by atoms with E-state index in [0.717, 1.165) is 24.8 Å². The molecule has 2 N–H and O–H groups in total. The SMILES string of the molecule is NC(CCc1ccsc1)Cc1c(Cl)cccc1Cl. The molecule has 96 valence electrons. The van der Waals surface area contributed by atoms with E-state index < -0.39 is 0 Å². The fraction of sp³-hybridized carbons (Fsp3) is 0.286. The molecule has 2 rings (SSSR count). The first-order chi connectivity index (χ1) is 8.66. The van der Waals surface area contributed by atoms with Gasteiger partial charge >= 0.3 is 0 Å². The van der Waals surface area contributed by atoms with Gasteiger partial charge in [0.15, 0.2) is 0 Å². The summed E-state index contributed by atoms with van der Waals surface area (Å²) in [5, 5.41) is 5.66. The van der Waals surface area contributed by atoms with Crippen LogP contribution in [0.3, 0.4) is 0 Å². The Hall–Kier alpha value is -0.540. The van der Waals surface area contributed by atoms with Gasteiger partial charge in [-0.2, -0.15) is 11.3 Å². The highest BCUT2D eigenvalue weighted by molar-refractivity contribution is 7.07. The molecule has 1 heterocycles. The minimum atomic E-state index is 0.0855. The standard InChI is InChI=1S/C14H15Cl2NS/c15-13-2-1-3-14(16)12(13)8-11(17)5-4-10-6-7-18-9-10/h1-3,6-7,9,11H,4-5,8,17H2. The van der Waals surface area contributed by atoms with E-state index in [0.29, 0.717) is 10.0 Å². The van der Waals surface area contributed by atoms with E-state index in [1.165, 1.54) is 5.56 Å². The van der Waals surface area contributed by atoms with Crippen molar-refractivity contribution in [3.8, 4) is 0 Å². The van der Waals surface area contributed by atoms with Crippen molar-refractivity contribution in [1.29, 1.82) is 0 Å². The highest BCUT2D eigenvalue weighted by Crippen LogP contribution is 2.25. The summed E-state index contributed by atoms with van der Waals surface area (Å²) in [7, 11) is 0. The third kappa shape index (κ3) is 3.72. The van der Waals surface area contributed by atoms with Gasteiger partial charge in [-0.15, -0.1) is 0 Å². The zero-order valence-electron chi connectivity index (χ0n) is 9.90. The van der Waals surface area contributed by atoms with E-state index in [9.17, 15) is 0 Å². The van der Waals surface area contributed by atoms with E-state index in [1.807, 2.05) is 18.2 Å². The highest BCUT2D eigenvalue weighted by atomic mass is 35.5. The Morgan fingerprint density at radius 3 is 2.50 bits per heavy atom. The molecule has 1 atom stereocenters. The van der Waals surface area contributed by atoms with Crippen molar-refractivity contribution >= 4 is 34.5 Å². The number of benzene rings is 1. The van der Waals surface area contributed by atoms with Gasteiger partial charge in [0.1, 0.15) is 0 Å². The zero-order chi connectivity index (χ0) is 13.0. The van der Waals surface area contributed by atoms with Gasteiger partial charge in [0, 0.05) is 16.1 Å². The molecular weight excluding hydrogens is 285 g/mol. The van der Waals surface area contributed by atoms with Gasteiger partial charge in [0.25, 0.3) is 0 Å². The molecule has 1 unspecified atom stereocenters. The van der Waals surface area contributed by atoms with E-state index >= 15 is 0 Å². The molecule has 18 heavy (non-hydrogen) atoms. The lowest BCUT2D eigenvalue weighted by Crippen LogP contribution is -2.23. The Kier molecular flexibility index (Phi) is 5.07. The second kappa shape index (κ2) is 6.58. The third-order valence-corrected chi connectivity index (χ3v) is 4.35. The van der Waals surface area contributed by atoms with Crippen molar-refractivity contribution in [2.24, 2.45) is 5.73 Å². The maximum Gasteiger partial charge on any atom is 0.0453 e. The van der Waals surface area contributed by atoms with Crippen molar-refractivity contribution in [2.75, 3.05) is 0 Å². The number of nitrogens with two attached hydrogens (primary N) is 1. The summed E-state index contributed by atoms with van der Waals surface area (Å²) in [6.45, 7) is 0. The van der Waals surface area contributed by atoms with Crippen molar-refractivity contribution in [1.82, 2.24) is 0 Å². The van der Waals surface area contributed by atoms with Crippen LogP contribution in [0.2, 0.25) is 10.0 Å². The lowest BCUT2D eigenvalue weighted by Gasteiger charge is -2.13. The Morgan fingerprint density at radius 2 is 1.89 bits per heavy atom. The average molecular weight is 300 g/mol. The summed E-state index contributed by atoms with van der Waals surface area (Å²) >= 11 is 14.0. The second-order valence-corrected chi connectivity index (χ2v) is 5.93. The minimum Gasteiger partial charge on any atom is -0.327 e. The number of aryl methyl sites for hydroxylation is 1. The predicted molar refractivity (Wildman–Crippen MR) is 80.8 cm³/mol. The van der Waals surface area contributed by atoms with Crippen LogP contribution >= 0.6 is 34.5 Å². The zero-order valence-corrected chi connectivity index (χ0v) is 12.2. The number of thiophene rings is 1. The first kappa shape index (κ1) is 13.9. The van der Waals surface area contributed by atoms with Crippen molar-refractivity contribution in [3.05, 3.63) is 56.2 Å². The Morgan fingerprint density at radius 1 is 1.17 bits per heavy atom. The molecule has 0 amide bonds. The number of hydrogen-bond donors (Lipinski definition) is 1. The lowest BCUT2D eigenvalue weighted by molar-refractivity contribution is 0.611. The summed E-state index contributed by atoms with van der Waals surface area (Å²) < 4.78 is 0. The molecule has 2 aromatic rings. The first-order valence-corrected chi connectivity index (χ1v) is 7.56. The molecule has 0 fully saturated rings. The minimum absolute atomic E-state index is 0.0855. The molecule has 0 bridgehead atoms. The maximum absolute atomic E-state index is 6.15. The van der Waals surface area contributed by atoms with Gasteiger partial charge < -0.3 is 5.73 Å². The average Bonchev–Trinajstić information content (AvgIpc) is 2.84. The summed E-state index contributed by atoms with van der Waals surface area (Å²) in [4.78, 5) is 0. The number of halogens is 2. The molecule has 0 spiro atoms. The molecule has 0 aliphatic carbocycles. The monoisotopic (exact) mass is 299 g/mol. The molecular formula is C14H15Cl2NS. The van der Waals surface area contributed by atoms with Gasteiger partial charge in [-0.05, 0) is 59.3 Å². The molecule has 0 aliphatic heterocycles. The molecule has 1 aromatic carbocycles. The smallest absolute Gasteiger partial charge is 0.0453 e. The van der Waals surface area contributed by atoms with Crippen LogP contribution in [0.5, 0.6) is 0 Å². The van der Waals surface area contributed by atoms with E-state index in [2.05, 4.69) is 16.8 Å². The summed E-state index contributed by atoms with van der Waals surface area (Å²) in [5.74, 6) is 0. The fourth-order valence-electron chi connectivity index (χ4n) is 1.88. The van der Waals surface area contributed by atoms with Crippen LogP contribution in [-0.4, -0.2) is 6.04 Å². The molecule has 0 aliphatic rings. The Balaban J connectivity index is 1.92. The van der Waals surface area contributed by atoms with Crippen molar-refractivity contribution < 1.29 is 0 Å². The fourth-order valence-corrected chi connectivity index (χ4v) is 3.13. The second-order valence-electron chi connectivity index (χ2n) is 4.33. The van der Waals surface area contributed by atoms with Crippen LogP contribution in [-0.2, 0) is 12.8 Å². The Bertz CT molecular complexity index is 476. The van der Waals surface area contributed by atoms with Crippen LogP contribution in [0.1, 0.15) is 17.5 Å². The maximum atomic E-state index is 6.15. The molecule has 0 saturated carbocycles. The molecule has 4 heteroatoms. The van der Waals surface area contributed by atoms with Gasteiger partial charge in [-0.25, -0.2) is 0 Å². The van der Waals surface area contributed by atoms with Gasteiger partial charge in [-0.3, -0.25) is 0 Å². The highest BCUT2D eigenvalue weighted by Gasteiger charge is 2.10. The Labute approximate surface area is 122 Å². The van der Waals surface area contributed by atoms with Crippen molar-refractivity contribution in [2.45, 2.75) is 25.3 Å². The van der Waals surface area contributed by atoms with Crippen LogP contribution in [0, 0.1) is 0 Å². The van der Waals surface area contributed by atoms with Gasteiger partial charge in [0.2, 0.25) is 0 Å². The van der Waals surface area contributed by atoms with Crippen LogP contribution in [0.25, 0.3) is 0 Å². The summed E-state index contributed by atoms with van der Waals surface area (Å²) in [5.41, 5.74) is 8.45. The van der Waals surface area contributed by atoms with Gasteiger partial charge in [0.05, 0.1) is 0 Å². The normalized spacial score (nSPS) is 12.6. The van der Waals surface area contributed by atoms with Crippen molar-refractivity contribution in [3.63, 3.8) is 0 Å². The predicted octanol–water partition coefficient (Wildman–Crippen LogP) is 4.56. The molecule has 0 radical (unpaired) electrons. The number of rotatable bonds is 5. The number of hydrogen-bond acceptors (Lipinski definition) is 2. The van der Waals surface area contributed by atoms with E-state index in [-0.39, 0.29) is 6.04 Å². The molecule has 1 nitrogen and oxygen atoms in total. The molecule has 0 saturated heterocycles. The van der Waals surface area contributed by atoms with E-state index in [4.69, 9.17) is 28.9 Å². The summed E-state index contributed by atoms with van der Waals surface area (Å²) in [6, 6.07) is 7.79. The summed E-state index contributed by atoms with van der Waals surface area (Å²) in [6.07, 6.45) is 2.67. The van der Waals surface area contributed by atoms with Crippen LogP contribution < -0.4 is 5.73 Å². The van der Waals surface area contributed by atoms with Gasteiger partial charge in [-0.1, -0.05) is 29.3 Å². The third-order valence-electron chi connectivity index (χ3n) is 2.91. The largest absolute Gasteiger partial charge is 0.327 e. The van der Waals surface area contributed by atoms with Crippen LogP contribution in [0.15, 0.2) is 35.0 Å². The van der Waals surface area contributed by atoms with E-state index in [1.54, 1.807) is 11.3 Å². The lowest BCUT2D eigenvalue weighted by atomic mass is 10.0. The molecule has 1 aromatic heterocycles. The quantitative estimate of drug-likeness (QED) is 0.861.